The summed E-state index contributed by atoms with van der Waals surface area (Å²) in [6.07, 6.45) is 5.29. The third kappa shape index (κ3) is 1.78. The lowest BCUT2D eigenvalue weighted by atomic mass is 10.2. The Labute approximate surface area is 86.0 Å². The Morgan fingerprint density at radius 2 is 2.00 bits per heavy atom. The van der Waals surface area contributed by atoms with E-state index in [9.17, 15) is 0 Å². The summed E-state index contributed by atoms with van der Waals surface area (Å²) in [6.45, 7) is 0. The number of hydrogen-bond donors (Lipinski definition) is 0. The fourth-order valence-corrected chi connectivity index (χ4v) is 1.60. The summed E-state index contributed by atoms with van der Waals surface area (Å²) in [5.41, 5.74) is 0.748. The Morgan fingerprint density at radius 1 is 1.31 bits per heavy atom. The van der Waals surface area contributed by atoms with Gasteiger partial charge in [-0.25, -0.2) is 0 Å². The molecular weight excluding hydrogens is 232 g/mol. The van der Waals surface area contributed by atoms with Crippen LogP contribution in [0.5, 0.6) is 11.5 Å². The van der Waals surface area contributed by atoms with E-state index < -0.39 is 0 Å². The van der Waals surface area contributed by atoms with Crippen molar-refractivity contribution in [3.8, 4) is 23.8 Å². The van der Waals surface area contributed by atoms with Crippen LogP contribution in [-0.2, 0) is 0 Å². The minimum atomic E-state index is 0.623. The molecule has 0 saturated heterocycles. The monoisotopic (exact) mass is 240 g/mol. The van der Waals surface area contributed by atoms with E-state index in [-0.39, 0.29) is 0 Å². The number of halogens is 1. The maximum absolute atomic E-state index is 5.29. The summed E-state index contributed by atoms with van der Waals surface area (Å²) >= 11 is 3.35. The number of terminal acetylenes is 1. The smallest absolute Gasteiger partial charge is 0.176 e. The second-order valence-electron chi connectivity index (χ2n) is 2.31. The van der Waals surface area contributed by atoms with Crippen LogP contribution < -0.4 is 9.47 Å². The van der Waals surface area contributed by atoms with E-state index >= 15 is 0 Å². The maximum atomic E-state index is 5.29. The molecule has 0 spiro atoms. The molecule has 1 rings (SSSR count). The standard InChI is InChI=1S/C10H9BrO2/c1-4-7-5-6-8(12-2)10(13-3)9(7)11/h1,5-6H,2-3H3. The van der Waals surface area contributed by atoms with Crippen molar-refractivity contribution < 1.29 is 9.47 Å². The van der Waals surface area contributed by atoms with Gasteiger partial charge in [0.25, 0.3) is 0 Å². The van der Waals surface area contributed by atoms with Gasteiger partial charge in [-0.2, -0.15) is 0 Å². The number of ether oxygens (including phenoxy) is 2. The van der Waals surface area contributed by atoms with E-state index in [0.29, 0.717) is 11.5 Å². The lowest BCUT2D eigenvalue weighted by Crippen LogP contribution is -1.92. The molecule has 0 aliphatic heterocycles. The maximum Gasteiger partial charge on any atom is 0.176 e. The van der Waals surface area contributed by atoms with Gasteiger partial charge >= 0.3 is 0 Å². The van der Waals surface area contributed by atoms with Crippen molar-refractivity contribution in [2.45, 2.75) is 0 Å². The summed E-state index contributed by atoms with van der Waals surface area (Å²) in [7, 11) is 3.16. The lowest BCUT2D eigenvalue weighted by molar-refractivity contribution is 0.353. The second kappa shape index (κ2) is 4.20. The molecule has 1 aromatic rings. The molecule has 0 amide bonds. The molecule has 3 heteroatoms. The van der Waals surface area contributed by atoms with Crippen LogP contribution in [0.2, 0.25) is 0 Å². The molecule has 0 unspecified atom stereocenters. The Balaban J connectivity index is 3.34. The van der Waals surface area contributed by atoms with Crippen molar-refractivity contribution in [2.24, 2.45) is 0 Å². The van der Waals surface area contributed by atoms with Crippen LogP contribution in [0.25, 0.3) is 0 Å². The highest BCUT2D eigenvalue weighted by Gasteiger charge is 2.10. The highest BCUT2D eigenvalue weighted by Crippen LogP contribution is 2.36. The Kier molecular flexibility index (Phi) is 3.21. The van der Waals surface area contributed by atoms with Gasteiger partial charge in [0.05, 0.1) is 18.7 Å². The molecule has 0 aliphatic rings. The van der Waals surface area contributed by atoms with Gasteiger partial charge in [0.15, 0.2) is 11.5 Å². The van der Waals surface area contributed by atoms with Crippen LogP contribution in [0.1, 0.15) is 5.56 Å². The molecule has 0 heterocycles. The third-order valence-corrected chi connectivity index (χ3v) is 2.43. The first-order valence-electron chi connectivity index (χ1n) is 3.61. The van der Waals surface area contributed by atoms with Crippen LogP contribution in [0.15, 0.2) is 16.6 Å². The van der Waals surface area contributed by atoms with E-state index in [0.717, 1.165) is 10.0 Å². The van der Waals surface area contributed by atoms with Crippen LogP contribution >= 0.6 is 15.9 Å². The predicted octanol–water partition coefficient (Wildman–Crippen LogP) is 2.45. The normalized spacial score (nSPS) is 9.08. The van der Waals surface area contributed by atoms with Crippen molar-refractivity contribution in [1.29, 1.82) is 0 Å². The van der Waals surface area contributed by atoms with E-state index in [1.54, 1.807) is 26.4 Å². The third-order valence-electron chi connectivity index (χ3n) is 1.64. The summed E-state index contributed by atoms with van der Waals surface area (Å²) in [6, 6.07) is 3.57. The topological polar surface area (TPSA) is 18.5 Å². The number of rotatable bonds is 2. The van der Waals surface area contributed by atoms with Crippen molar-refractivity contribution >= 4 is 15.9 Å². The van der Waals surface area contributed by atoms with Gasteiger partial charge in [-0.15, -0.1) is 6.42 Å². The molecular formula is C10H9BrO2. The molecule has 1 aromatic carbocycles. The molecule has 68 valence electrons. The first-order valence-corrected chi connectivity index (χ1v) is 4.41. The highest BCUT2D eigenvalue weighted by atomic mass is 79.9. The average molecular weight is 241 g/mol. The highest BCUT2D eigenvalue weighted by molar-refractivity contribution is 9.10. The molecule has 0 fully saturated rings. The average Bonchev–Trinajstić information content (AvgIpc) is 2.17. The summed E-state index contributed by atoms with van der Waals surface area (Å²) < 4.78 is 11.0. The zero-order chi connectivity index (χ0) is 9.84. The van der Waals surface area contributed by atoms with Crippen molar-refractivity contribution in [3.05, 3.63) is 22.2 Å². The Hall–Kier alpha value is -1.14. The summed E-state index contributed by atoms with van der Waals surface area (Å²) in [5.74, 6) is 3.82. The molecule has 13 heavy (non-hydrogen) atoms. The van der Waals surface area contributed by atoms with Gasteiger partial charge in [-0.1, -0.05) is 5.92 Å². The van der Waals surface area contributed by atoms with Crippen LogP contribution in [0.3, 0.4) is 0 Å². The van der Waals surface area contributed by atoms with Gasteiger partial charge in [-0.3, -0.25) is 0 Å². The predicted molar refractivity (Wildman–Crippen MR) is 55.2 cm³/mol. The second-order valence-corrected chi connectivity index (χ2v) is 3.10. The molecule has 2 nitrogen and oxygen atoms in total. The van der Waals surface area contributed by atoms with Crippen molar-refractivity contribution in [3.63, 3.8) is 0 Å². The molecule has 0 atom stereocenters. The molecule has 0 aromatic heterocycles. The molecule has 0 radical (unpaired) electrons. The molecule has 0 saturated carbocycles. The number of methoxy groups -OCH3 is 2. The largest absolute Gasteiger partial charge is 0.493 e. The van der Waals surface area contributed by atoms with Gasteiger partial charge in [0.1, 0.15) is 0 Å². The van der Waals surface area contributed by atoms with Gasteiger partial charge in [0, 0.05) is 5.56 Å². The Morgan fingerprint density at radius 3 is 2.46 bits per heavy atom. The van der Waals surface area contributed by atoms with E-state index in [1.807, 2.05) is 0 Å². The van der Waals surface area contributed by atoms with Gasteiger partial charge in [0.2, 0.25) is 0 Å². The van der Waals surface area contributed by atoms with Crippen molar-refractivity contribution in [2.75, 3.05) is 14.2 Å². The van der Waals surface area contributed by atoms with E-state index in [1.165, 1.54) is 0 Å². The van der Waals surface area contributed by atoms with Crippen molar-refractivity contribution in [1.82, 2.24) is 0 Å². The molecule has 0 bridgehead atoms. The lowest BCUT2D eigenvalue weighted by Gasteiger charge is -2.09. The Bertz CT molecular complexity index is 353. The molecule has 0 N–H and O–H groups in total. The van der Waals surface area contributed by atoms with Crippen LogP contribution in [-0.4, -0.2) is 14.2 Å². The summed E-state index contributed by atoms with van der Waals surface area (Å²) in [5, 5.41) is 0. The van der Waals surface area contributed by atoms with E-state index in [2.05, 4.69) is 21.9 Å². The van der Waals surface area contributed by atoms with Crippen LogP contribution in [0, 0.1) is 12.3 Å². The zero-order valence-electron chi connectivity index (χ0n) is 7.43. The zero-order valence-corrected chi connectivity index (χ0v) is 9.01. The fourth-order valence-electron chi connectivity index (χ4n) is 1.00. The quantitative estimate of drug-likeness (QED) is 0.740. The van der Waals surface area contributed by atoms with E-state index in [4.69, 9.17) is 15.9 Å². The first-order chi connectivity index (χ1) is 6.24. The minimum absolute atomic E-state index is 0.623. The minimum Gasteiger partial charge on any atom is -0.493 e. The van der Waals surface area contributed by atoms with Gasteiger partial charge in [-0.05, 0) is 28.1 Å². The number of hydrogen-bond acceptors (Lipinski definition) is 2. The fraction of sp³-hybridized carbons (Fsp3) is 0.200. The van der Waals surface area contributed by atoms with Gasteiger partial charge < -0.3 is 9.47 Å². The first kappa shape index (κ1) is 9.94. The SMILES string of the molecule is C#Cc1ccc(OC)c(OC)c1Br. The molecule has 0 aliphatic carbocycles. The van der Waals surface area contributed by atoms with Crippen LogP contribution in [0.4, 0.5) is 0 Å². The summed E-state index contributed by atoms with van der Waals surface area (Å²) in [4.78, 5) is 0. The number of benzene rings is 1.